The summed E-state index contributed by atoms with van der Waals surface area (Å²) in [6.07, 6.45) is 3.82. The first kappa shape index (κ1) is 13.2. The summed E-state index contributed by atoms with van der Waals surface area (Å²) < 4.78 is 27.6. The zero-order valence-corrected chi connectivity index (χ0v) is 10.0. The van der Waals surface area contributed by atoms with Crippen LogP contribution in [0.1, 0.15) is 32.1 Å². The molecule has 0 unspecified atom stereocenters. The fourth-order valence-electron chi connectivity index (χ4n) is 1.97. The van der Waals surface area contributed by atoms with E-state index in [0.29, 0.717) is 12.8 Å². The van der Waals surface area contributed by atoms with E-state index in [2.05, 4.69) is 14.6 Å². The van der Waals surface area contributed by atoms with Crippen molar-refractivity contribution in [3.05, 3.63) is 0 Å². The minimum absolute atomic E-state index is 0.0778. The summed E-state index contributed by atoms with van der Waals surface area (Å²) in [4.78, 5) is 0. The molecule has 1 aliphatic carbocycles. The molecule has 1 rings (SSSR count). The molecule has 1 fully saturated rings. The predicted molar refractivity (Wildman–Crippen MR) is 60.3 cm³/mol. The second kappa shape index (κ2) is 4.98. The fraction of sp³-hybridized carbons (Fsp3) is 0.875. The average molecular weight is 250 g/mol. The van der Waals surface area contributed by atoms with Crippen LogP contribution in [0.3, 0.4) is 0 Å². The van der Waals surface area contributed by atoms with Gasteiger partial charge in [-0.15, -0.1) is 0 Å². The molecule has 0 atom stereocenters. The summed E-state index contributed by atoms with van der Waals surface area (Å²) in [6.45, 7) is 0. The smallest absolute Gasteiger partial charge is 0.277 e. The van der Waals surface area contributed by atoms with Crippen LogP contribution in [0.5, 0.6) is 0 Å². The number of nitrogens with one attached hydrogen (secondary N) is 2. The number of nitrogens with two attached hydrogens (primary N) is 1. The van der Waals surface area contributed by atoms with Crippen LogP contribution in [0.15, 0.2) is 5.16 Å². The van der Waals surface area contributed by atoms with Crippen molar-refractivity contribution in [1.29, 1.82) is 0 Å². The van der Waals surface area contributed by atoms with E-state index >= 15 is 0 Å². The molecule has 1 aliphatic rings. The monoisotopic (exact) mass is 250 g/mol. The normalized spacial score (nSPS) is 21.9. The summed E-state index contributed by atoms with van der Waals surface area (Å²) in [7, 11) is -2.29. The molecular weight excluding hydrogens is 232 g/mol. The van der Waals surface area contributed by atoms with Crippen molar-refractivity contribution in [2.75, 3.05) is 7.05 Å². The first-order valence-corrected chi connectivity index (χ1v) is 6.64. The Balaban J connectivity index is 2.96. The average Bonchev–Trinajstić information content (AvgIpc) is 2.28. The summed E-state index contributed by atoms with van der Waals surface area (Å²) in [5.74, 6) is -0.0778. The van der Waals surface area contributed by atoms with Crippen molar-refractivity contribution >= 4 is 16.0 Å². The molecule has 0 saturated heterocycles. The third-order valence-electron chi connectivity index (χ3n) is 2.90. The molecule has 0 spiro atoms. The Morgan fingerprint density at radius 3 is 2.38 bits per heavy atom. The number of hydrogen-bond donors (Lipinski definition) is 4. The van der Waals surface area contributed by atoms with Crippen LogP contribution in [-0.2, 0) is 10.2 Å². The number of nitrogens with zero attached hydrogens (tertiary/aromatic N) is 1. The summed E-state index contributed by atoms with van der Waals surface area (Å²) >= 11 is 0. The summed E-state index contributed by atoms with van der Waals surface area (Å²) in [5, 5.41) is 11.7. The first-order valence-electron chi connectivity index (χ1n) is 5.16. The Morgan fingerprint density at radius 1 is 1.38 bits per heavy atom. The van der Waals surface area contributed by atoms with Gasteiger partial charge in [-0.3, -0.25) is 0 Å². The van der Waals surface area contributed by atoms with Gasteiger partial charge in [-0.05, 0) is 12.8 Å². The quantitative estimate of drug-likeness (QED) is 0.233. The van der Waals surface area contributed by atoms with Gasteiger partial charge in [0, 0.05) is 7.05 Å². The standard InChI is InChI=1S/C8H18N4O3S/c1-10-16(14,15)12-8(7(9)11-13)5-3-2-4-6-8/h10,12-13H,2-6H2,1H3,(H2,9,11). The lowest BCUT2D eigenvalue weighted by Crippen LogP contribution is -2.60. The molecule has 0 bridgehead atoms. The Kier molecular flexibility index (Phi) is 4.11. The van der Waals surface area contributed by atoms with E-state index in [4.69, 9.17) is 10.9 Å². The number of amidine groups is 1. The molecule has 94 valence electrons. The second-order valence-electron chi connectivity index (χ2n) is 3.94. The van der Waals surface area contributed by atoms with Gasteiger partial charge in [-0.2, -0.15) is 13.1 Å². The van der Waals surface area contributed by atoms with E-state index in [1.165, 1.54) is 7.05 Å². The highest BCUT2D eigenvalue weighted by atomic mass is 32.2. The van der Waals surface area contributed by atoms with E-state index in [1.54, 1.807) is 0 Å². The second-order valence-corrected chi connectivity index (χ2v) is 5.56. The van der Waals surface area contributed by atoms with Crippen molar-refractivity contribution < 1.29 is 13.6 Å². The van der Waals surface area contributed by atoms with E-state index in [0.717, 1.165) is 19.3 Å². The van der Waals surface area contributed by atoms with E-state index in [9.17, 15) is 8.42 Å². The van der Waals surface area contributed by atoms with Gasteiger partial charge in [0.05, 0.1) is 5.54 Å². The molecule has 7 nitrogen and oxygen atoms in total. The SMILES string of the molecule is CNS(=O)(=O)NC1(C(N)=NO)CCCCC1. The molecule has 0 aromatic heterocycles. The maximum atomic E-state index is 11.5. The lowest BCUT2D eigenvalue weighted by molar-refractivity contribution is 0.293. The zero-order chi connectivity index (χ0) is 12.2. The van der Waals surface area contributed by atoms with E-state index in [1.807, 2.05) is 0 Å². The van der Waals surface area contributed by atoms with Crippen molar-refractivity contribution in [2.24, 2.45) is 10.9 Å². The van der Waals surface area contributed by atoms with Gasteiger partial charge < -0.3 is 10.9 Å². The minimum Gasteiger partial charge on any atom is -0.409 e. The zero-order valence-electron chi connectivity index (χ0n) is 9.23. The summed E-state index contributed by atoms with van der Waals surface area (Å²) in [6, 6.07) is 0. The molecule has 1 saturated carbocycles. The maximum absolute atomic E-state index is 11.5. The van der Waals surface area contributed by atoms with Gasteiger partial charge in [0.15, 0.2) is 5.84 Å². The van der Waals surface area contributed by atoms with Gasteiger partial charge in [-0.25, -0.2) is 4.72 Å². The first-order chi connectivity index (χ1) is 7.46. The van der Waals surface area contributed by atoms with Gasteiger partial charge in [0.1, 0.15) is 0 Å². The van der Waals surface area contributed by atoms with Crippen LogP contribution in [-0.4, -0.2) is 32.0 Å². The van der Waals surface area contributed by atoms with Crippen LogP contribution in [0.25, 0.3) is 0 Å². The molecular formula is C8H18N4O3S. The van der Waals surface area contributed by atoms with Crippen molar-refractivity contribution in [2.45, 2.75) is 37.6 Å². The number of hydrogen-bond acceptors (Lipinski definition) is 4. The van der Waals surface area contributed by atoms with Crippen molar-refractivity contribution in [1.82, 2.24) is 9.44 Å². The lowest BCUT2D eigenvalue weighted by atomic mass is 9.82. The Labute approximate surface area is 95.3 Å². The van der Waals surface area contributed by atoms with Crippen LogP contribution in [0, 0.1) is 0 Å². The minimum atomic E-state index is -3.60. The molecule has 0 heterocycles. The van der Waals surface area contributed by atoms with Crippen molar-refractivity contribution in [3.63, 3.8) is 0 Å². The van der Waals surface area contributed by atoms with E-state index < -0.39 is 15.7 Å². The number of oxime groups is 1. The van der Waals surface area contributed by atoms with Gasteiger partial charge in [0.25, 0.3) is 10.2 Å². The Hall–Kier alpha value is -0.860. The van der Waals surface area contributed by atoms with Crippen LogP contribution >= 0.6 is 0 Å². The highest BCUT2D eigenvalue weighted by Gasteiger charge is 2.39. The Bertz CT molecular complexity index is 359. The largest absolute Gasteiger partial charge is 0.409 e. The molecule has 0 aliphatic heterocycles. The van der Waals surface area contributed by atoms with E-state index in [-0.39, 0.29) is 5.84 Å². The third kappa shape index (κ3) is 2.83. The Morgan fingerprint density at radius 2 is 1.94 bits per heavy atom. The fourth-order valence-corrected chi connectivity index (χ4v) is 2.89. The molecule has 0 aromatic carbocycles. The summed E-state index contributed by atoms with van der Waals surface area (Å²) in [5.41, 5.74) is 4.64. The number of rotatable bonds is 4. The molecule has 5 N–H and O–H groups in total. The maximum Gasteiger partial charge on any atom is 0.277 e. The molecule has 0 aromatic rings. The molecule has 0 radical (unpaired) electrons. The molecule has 16 heavy (non-hydrogen) atoms. The molecule has 0 amide bonds. The van der Waals surface area contributed by atoms with Crippen LogP contribution in [0.2, 0.25) is 0 Å². The lowest BCUT2D eigenvalue weighted by Gasteiger charge is -2.36. The van der Waals surface area contributed by atoms with Gasteiger partial charge in [0.2, 0.25) is 0 Å². The van der Waals surface area contributed by atoms with Crippen LogP contribution in [0.4, 0.5) is 0 Å². The van der Waals surface area contributed by atoms with Crippen LogP contribution < -0.4 is 15.2 Å². The molecule has 8 heteroatoms. The van der Waals surface area contributed by atoms with Gasteiger partial charge in [-0.1, -0.05) is 24.4 Å². The third-order valence-corrected chi connectivity index (χ3v) is 4.10. The highest BCUT2D eigenvalue weighted by molar-refractivity contribution is 7.87. The topological polar surface area (TPSA) is 117 Å². The predicted octanol–water partition coefficient (Wildman–Crippen LogP) is -0.510. The highest BCUT2D eigenvalue weighted by Crippen LogP contribution is 2.28. The van der Waals surface area contributed by atoms with Gasteiger partial charge >= 0.3 is 0 Å². The van der Waals surface area contributed by atoms with Crippen molar-refractivity contribution in [3.8, 4) is 0 Å².